The molecule has 2 rings (SSSR count). The van der Waals surface area contributed by atoms with Crippen LogP contribution in [0.15, 0.2) is 30.5 Å². The molecular formula is C17H26IN3O2. The van der Waals surface area contributed by atoms with Crippen molar-refractivity contribution in [2.24, 2.45) is 0 Å². The molecule has 0 saturated carbocycles. The van der Waals surface area contributed by atoms with Crippen molar-refractivity contribution in [2.75, 3.05) is 34.3 Å². The van der Waals surface area contributed by atoms with Crippen LogP contribution in [-0.4, -0.2) is 55.9 Å². The maximum Gasteiger partial charge on any atom is 0.407 e. The number of hydrogen-bond donors (Lipinski definition) is 2. The number of benzene rings is 1. The normalized spacial score (nSPS) is 12.5. The number of nitrogens with zero attached hydrogens (tertiary/aromatic N) is 1. The topological polar surface area (TPSA) is 54.1 Å². The summed E-state index contributed by atoms with van der Waals surface area (Å²) in [5, 5.41) is 4.09. The van der Waals surface area contributed by atoms with Crippen LogP contribution in [0.25, 0.3) is 10.9 Å². The molecule has 128 valence electrons. The zero-order valence-corrected chi connectivity index (χ0v) is 16.4. The molecule has 1 amide bonds. The number of hydrogen-bond acceptors (Lipinski definition) is 2. The molecule has 0 spiro atoms. The highest BCUT2D eigenvalue weighted by atomic mass is 127. The summed E-state index contributed by atoms with van der Waals surface area (Å²) < 4.78 is 6.00. The molecule has 1 heterocycles. The van der Waals surface area contributed by atoms with Crippen molar-refractivity contribution in [1.82, 2.24) is 10.3 Å². The summed E-state index contributed by atoms with van der Waals surface area (Å²) in [6.45, 7) is 3.21. The van der Waals surface area contributed by atoms with E-state index < -0.39 is 0 Å². The third-order valence-electron chi connectivity index (χ3n) is 3.56. The van der Waals surface area contributed by atoms with Gasteiger partial charge in [0.15, 0.2) is 0 Å². The van der Waals surface area contributed by atoms with Crippen LogP contribution in [0.4, 0.5) is 4.79 Å². The molecule has 0 saturated heterocycles. The fraction of sp³-hybridized carbons (Fsp3) is 0.471. The van der Waals surface area contributed by atoms with E-state index in [2.05, 4.69) is 43.6 Å². The van der Waals surface area contributed by atoms with Gasteiger partial charge in [-0.3, -0.25) is 0 Å². The molecule has 0 radical (unpaired) electrons. The van der Waals surface area contributed by atoms with Crippen LogP contribution in [0.2, 0.25) is 0 Å². The van der Waals surface area contributed by atoms with Crippen LogP contribution in [0.5, 0.6) is 0 Å². The number of fused-ring (bicyclic) bond motifs is 1. The van der Waals surface area contributed by atoms with Gasteiger partial charge in [-0.2, -0.15) is 0 Å². The monoisotopic (exact) mass is 431 g/mol. The van der Waals surface area contributed by atoms with Crippen LogP contribution in [0.1, 0.15) is 12.5 Å². The predicted molar refractivity (Wildman–Crippen MR) is 88.8 cm³/mol. The number of alkyl carbamates (subject to hydrolysis) is 1. The van der Waals surface area contributed by atoms with Crippen molar-refractivity contribution in [2.45, 2.75) is 19.4 Å². The maximum absolute atomic E-state index is 11.8. The molecule has 6 heteroatoms. The number of para-hydroxylation sites is 1. The van der Waals surface area contributed by atoms with Crippen molar-refractivity contribution in [3.8, 4) is 0 Å². The first-order chi connectivity index (χ1) is 10.3. The number of aromatic nitrogens is 1. The molecular weight excluding hydrogens is 405 g/mol. The second kappa shape index (κ2) is 8.54. The predicted octanol–water partition coefficient (Wildman–Crippen LogP) is -0.465. The van der Waals surface area contributed by atoms with Crippen LogP contribution in [0.3, 0.4) is 0 Å². The van der Waals surface area contributed by atoms with E-state index in [1.165, 1.54) is 10.9 Å². The molecule has 1 aromatic carbocycles. The zero-order chi connectivity index (χ0) is 16.2. The fourth-order valence-corrected chi connectivity index (χ4v) is 2.34. The summed E-state index contributed by atoms with van der Waals surface area (Å²) in [5.41, 5.74) is 2.32. The number of halogens is 1. The first-order valence-corrected chi connectivity index (χ1v) is 7.64. The van der Waals surface area contributed by atoms with E-state index in [4.69, 9.17) is 4.74 Å². The minimum Gasteiger partial charge on any atom is -1.00 e. The number of aromatic amines is 1. The summed E-state index contributed by atoms with van der Waals surface area (Å²) in [4.78, 5) is 15.0. The Balaban J connectivity index is 0.00000264. The Labute approximate surface area is 155 Å². The number of rotatable bonds is 6. The van der Waals surface area contributed by atoms with Gasteiger partial charge >= 0.3 is 6.09 Å². The Kier molecular flexibility index (Phi) is 7.34. The first kappa shape index (κ1) is 19.8. The van der Waals surface area contributed by atoms with Gasteiger partial charge in [0.2, 0.25) is 0 Å². The highest BCUT2D eigenvalue weighted by Gasteiger charge is 2.13. The highest BCUT2D eigenvalue weighted by molar-refractivity contribution is 5.83. The molecule has 0 aliphatic carbocycles. The average Bonchev–Trinajstić information content (AvgIpc) is 2.80. The molecule has 2 aromatic rings. The van der Waals surface area contributed by atoms with Crippen molar-refractivity contribution in [3.63, 3.8) is 0 Å². The smallest absolute Gasteiger partial charge is 0.407 e. The lowest BCUT2D eigenvalue weighted by Gasteiger charge is -2.23. The molecule has 2 N–H and O–H groups in total. The van der Waals surface area contributed by atoms with E-state index in [9.17, 15) is 4.79 Å². The molecule has 1 aromatic heterocycles. The van der Waals surface area contributed by atoms with Gasteiger partial charge in [-0.1, -0.05) is 18.2 Å². The van der Waals surface area contributed by atoms with Crippen LogP contribution in [0, 0.1) is 0 Å². The molecule has 0 fully saturated rings. The van der Waals surface area contributed by atoms with E-state index in [-0.39, 0.29) is 36.1 Å². The van der Waals surface area contributed by atoms with Gasteiger partial charge in [0, 0.05) is 23.1 Å². The standard InChI is InChI=1S/C17H25N3O2.HI/c1-13(19-17(21)22-10-9-20(2,3)4)11-14-12-18-16-8-6-5-7-15(14)16;/h5-8,12-13,18H,9-11H2,1-4H3;1H. The minimum absolute atomic E-state index is 0. The van der Waals surface area contributed by atoms with Gasteiger partial charge in [0.1, 0.15) is 13.2 Å². The Morgan fingerprint density at radius 2 is 2.00 bits per heavy atom. The number of H-pyrrole nitrogens is 1. The Morgan fingerprint density at radius 1 is 1.30 bits per heavy atom. The second-order valence-electron chi connectivity index (χ2n) is 6.76. The Bertz CT molecular complexity index is 634. The number of carbonyl (C=O) groups is 1. The van der Waals surface area contributed by atoms with Crippen molar-refractivity contribution >= 4 is 17.0 Å². The second-order valence-corrected chi connectivity index (χ2v) is 6.76. The van der Waals surface area contributed by atoms with Crippen LogP contribution in [-0.2, 0) is 11.2 Å². The molecule has 0 aliphatic heterocycles. The van der Waals surface area contributed by atoms with Gasteiger partial charge in [-0.05, 0) is 25.0 Å². The van der Waals surface area contributed by atoms with Crippen molar-refractivity contribution in [1.29, 1.82) is 0 Å². The summed E-state index contributed by atoms with van der Waals surface area (Å²) >= 11 is 0. The molecule has 1 unspecified atom stereocenters. The largest absolute Gasteiger partial charge is 1.00 e. The summed E-state index contributed by atoms with van der Waals surface area (Å²) in [7, 11) is 6.21. The third-order valence-corrected chi connectivity index (χ3v) is 3.56. The summed E-state index contributed by atoms with van der Waals surface area (Å²) in [5.74, 6) is 0. The maximum atomic E-state index is 11.8. The number of amides is 1. The van der Waals surface area contributed by atoms with Crippen LogP contribution >= 0.6 is 0 Å². The molecule has 5 nitrogen and oxygen atoms in total. The van der Waals surface area contributed by atoms with Gasteiger partial charge in [-0.15, -0.1) is 0 Å². The first-order valence-electron chi connectivity index (χ1n) is 7.64. The molecule has 0 aliphatic rings. The fourth-order valence-electron chi connectivity index (χ4n) is 2.34. The van der Waals surface area contributed by atoms with E-state index >= 15 is 0 Å². The van der Waals surface area contributed by atoms with E-state index in [0.717, 1.165) is 23.0 Å². The van der Waals surface area contributed by atoms with Crippen molar-refractivity contribution < 1.29 is 38.0 Å². The lowest BCUT2D eigenvalue weighted by atomic mass is 10.1. The average molecular weight is 431 g/mol. The Hall–Kier alpha value is -1.28. The van der Waals surface area contributed by atoms with Crippen LogP contribution < -0.4 is 29.3 Å². The zero-order valence-electron chi connectivity index (χ0n) is 14.2. The minimum atomic E-state index is -0.346. The number of ether oxygens (including phenoxy) is 1. The molecule has 23 heavy (non-hydrogen) atoms. The summed E-state index contributed by atoms with van der Waals surface area (Å²) in [6, 6.07) is 8.20. The molecule has 1 atom stereocenters. The lowest BCUT2D eigenvalue weighted by molar-refractivity contribution is -0.870. The number of likely N-dealkylation sites (N-methyl/N-ethyl adjacent to an activating group) is 1. The van der Waals surface area contributed by atoms with Crippen molar-refractivity contribution in [3.05, 3.63) is 36.0 Å². The van der Waals surface area contributed by atoms with E-state index in [1.54, 1.807) is 0 Å². The van der Waals surface area contributed by atoms with E-state index in [0.29, 0.717) is 6.61 Å². The van der Waals surface area contributed by atoms with Gasteiger partial charge in [0.05, 0.1) is 21.1 Å². The SMILES string of the molecule is CC(Cc1c[nH]c2ccccc12)NC(=O)OCC[N+](C)(C)C.[I-]. The quantitative estimate of drug-likeness (QED) is 0.481. The van der Waals surface area contributed by atoms with Gasteiger partial charge in [0.25, 0.3) is 0 Å². The van der Waals surface area contributed by atoms with Gasteiger partial charge in [-0.25, -0.2) is 4.79 Å². The van der Waals surface area contributed by atoms with E-state index in [1.807, 2.05) is 25.3 Å². The summed E-state index contributed by atoms with van der Waals surface area (Å²) in [6.07, 6.45) is 2.43. The highest BCUT2D eigenvalue weighted by Crippen LogP contribution is 2.18. The lowest BCUT2D eigenvalue weighted by Crippen LogP contribution is -3.00. The number of carbonyl (C=O) groups excluding carboxylic acids is 1. The number of nitrogens with one attached hydrogen (secondary N) is 2. The third kappa shape index (κ3) is 6.39. The number of quaternary nitrogens is 1. The Morgan fingerprint density at radius 3 is 2.70 bits per heavy atom. The molecule has 0 bridgehead atoms. The van der Waals surface area contributed by atoms with Gasteiger partial charge < -0.3 is 43.5 Å².